The number of rotatable bonds is 7. The summed E-state index contributed by atoms with van der Waals surface area (Å²) in [6.07, 6.45) is -2.52. The smallest absolute Gasteiger partial charge is 0.418 e. The summed E-state index contributed by atoms with van der Waals surface area (Å²) in [6, 6.07) is 15.4. The first kappa shape index (κ1) is 20.5. The molecule has 1 N–H and O–H groups in total. The summed E-state index contributed by atoms with van der Waals surface area (Å²) in [4.78, 5) is 12.3. The highest BCUT2D eigenvalue weighted by Gasteiger charge is 2.33. The summed E-state index contributed by atoms with van der Waals surface area (Å²) in [6.45, 7) is 2.20. The standard InChI is InChI=1S/C22H20F3NO3/c1-2-5-15-8-10-16(11-9-15)28-14-17-12-13-20(29-17)21(27)26-19-7-4-3-6-18(19)22(23,24)25/h3-4,6-13H,2,5,14H2,1H3,(H,26,27). The van der Waals surface area contributed by atoms with E-state index in [1.807, 2.05) is 24.3 Å². The van der Waals surface area contributed by atoms with Crippen molar-refractivity contribution in [1.82, 2.24) is 0 Å². The maximum atomic E-state index is 13.0. The maximum absolute atomic E-state index is 13.0. The fourth-order valence-corrected chi connectivity index (χ4v) is 2.80. The largest absolute Gasteiger partial charge is 0.486 e. The van der Waals surface area contributed by atoms with Gasteiger partial charge in [-0.25, -0.2) is 0 Å². The fraction of sp³-hybridized carbons (Fsp3) is 0.227. The monoisotopic (exact) mass is 403 g/mol. The Labute approximate surface area is 166 Å². The molecule has 0 atom stereocenters. The van der Waals surface area contributed by atoms with E-state index in [4.69, 9.17) is 9.15 Å². The lowest BCUT2D eigenvalue weighted by atomic mass is 10.1. The lowest BCUT2D eigenvalue weighted by molar-refractivity contribution is -0.136. The van der Waals surface area contributed by atoms with Crippen molar-refractivity contribution in [2.75, 3.05) is 5.32 Å². The molecule has 4 nitrogen and oxygen atoms in total. The van der Waals surface area contributed by atoms with Gasteiger partial charge in [0.25, 0.3) is 5.91 Å². The predicted molar refractivity (Wildman–Crippen MR) is 103 cm³/mol. The van der Waals surface area contributed by atoms with Gasteiger partial charge in [0.05, 0.1) is 11.3 Å². The zero-order valence-electron chi connectivity index (χ0n) is 15.8. The average Bonchev–Trinajstić information content (AvgIpc) is 3.16. The molecule has 29 heavy (non-hydrogen) atoms. The van der Waals surface area contributed by atoms with Gasteiger partial charge in [-0.15, -0.1) is 0 Å². The lowest BCUT2D eigenvalue weighted by Gasteiger charge is -2.12. The van der Waals surface area contributed by atoms with Crippen LogP contribution in [0.5, 0.6) is 5.75 Å². The number of carbonyl (C=O) groups excluding carboxylic acids is 1. The summed E-state index contributed by atoms with van der Waals surface area (Å²) >= 11 is 0. The Morgan fingerprint density at radius 1 is 1.03 bits per heavy atom. The molecule has 1 heterocycles. The molecule has 0 aliphatic rings. The van der Waals surface area contributed by atoms with Crippen LogP contribution in [-0.2, 0) is 19.2 Å². The van der Waals surface area contributed by atoms with Gasteiger partial charge in [-0.3, -0.25) is 4.79 Å². The van der Waals surface area contributed by atoms with Crippen LogP contribution in [0, 0.1) is 0 Å². The molecule has 3 aromatic rings. The minimum atomic E-state index is -4.57. The Balaban J connectivity index is 1.62. The van der Waals surface area contributed by atoms with Crippen LogP contribution >= 0.6 is 0 Å². The first-order valence-corrected chi connectivity index (χ1v) is 9.15. The van der Waals surface area contributed by atoms with Gasteiger partial charge in [-0.05, 0) is 48.4 Å². The van der Waals surface area contributed by atoms with Crippen LogP contribution in [0.3, 0.4) is 0 Å². The van der Waals surface area contributed by atoms with Crippen molar-refractivity contribution in [1.29, 1.82) is 0 Å². The number of ether oxygens (including phenoxy) is 1. The minimum absolute atomic E-state index is 0.0968. The van der Waals surface area contributed by atoms with E-state index >= 15 is 0 Å². The number of halogens is 3. The highest BCUT2D eigenvalue weighted by molar-refractivity contribution is 6.02. The van der Waals surface area contributed by atoms with Crippen LogP contribution in [0.4, 0.5) is 18.9 Å². The summed E-state index contributed by atoms with van der Waals surface area (Å²) in [5, 5.41) is 2.25. The molecule has 2 aromatic carbocycles. The molecule has 0 spiro atoms. The van der Waals surface area contributed by atoms with Crippen LogP contribution < -0.4 is 10.1 Å². The van der Waals surface area contributed by atoms with Gasteiger partial charge >= 0.3 is 6.18 Å². The summed E-state index contributed by atoms with van der Waals surface area (Å²) in [5.41, 5.74) is -0.0303. The second kappa shape index (κ2) is 8.86. The Kier molecular flexibility index (Phi) is 6.26. The molecule has 0 fully saturated rings. The number of aryl methyl sites for hydroxylation is 1. The highest BCUT2D eigenvalue weighted by Crippen LogP contribution is 2.34. The molecular weight excluding hydrogens is 383 g/mol. The molecule has 7 heteroatoms. The van der Waals surface area contributed by atoms with E-state index < -0.39 is 17.6 Å². The second-order valence-electron chi connectivity index (χ2n) is 6.45. The number of nitrogens with one attached hydrogen (secondary N) is 1. The van der Waals surface area contributed by atoms with Crippen LogP contribution in [0.1, 0.15) is 40.8 Å². The first-order valence-electron chi connectivity index (χ1n) is 9.15. The van der Waals surface area contributed by atoms with Crippen molar-refractivity contribution in [2.24, 2.45) is 0 Å². The number of anilines is 1. The average molecular weight is 403 g/mol. The van der Waals surface area contributed by atoms with E-state index in [1.165, 1.54) is 29.8 Å². The van der Waals surface area contributed by atoms with Gasteiger partial charge < -0.3 is 14.5 Å². The van der Waals surface area contributed by atoms with E-state index in [-0.39, 0.29) is 18.1 Å². The third-order valence-corrected chi connectivity index (χ3v) is 4.21. The first-order chi connectivity index (χ1) is 13.9. The number of amides is 1. The quantitative estimate of drug-likeness (QED) is 0.520. The number of para-hydroxylation sites is 1. The van der Waals surface area contributed by atoms with Crippen molar-refractivity contribution >= 4 is 11.6 Å². The number of hydrogen-bond acceptors (Lipinski definition) is 3. The van der Waals surface area contributed by atoms with Crippen molar-refractivity contribution in [2.45, 2.75) is 32.5 Å². The third-order valence-electron chi connectivity index (χ3n) is 4.21. The van der Waals surface area contributed by atoms with Gasteiger partial charge in [-0.2, -0.15) is 13.2 Å². The topological polar surface area (TPSA) is 51.5 Å². The van der Waals surface area contributed by atoms with Crippen molar-refractivity contribution in [3.8, 4) is 5.75 Å². The van der Waals surface area contributed by atoms with Gasteiger partial charge in [0.15, 0.2) is 5.76 Å². The number of furan rings is 1. The number of alkyl halides is 3. The van der Waals surface area contributed by atoms with Crippen molar-refractivity contribution < 1.29 is 27.1 Å². The molecule has 0 unspecified atom stereocenters. The Morgan fingerprint density at radius 3 is 2.45 bits per heavy atom. The Bertz CT molecular complexity index is 962. The maximum Gasteiger partial charge on any atom is 0.418 e. The van der Waals surface area contributed by atoms with Gasteiger partial charge in [0.1, 0.15) is 18.1 Å². The zero-order chi connectivity index (χ0) is 20.9. The zero-order valence-corrected chi connectivity index (χ0v) is 15.8. The van der Waals surface area contributed by atoms with Crippen LogP contribution in [-0.4, -0.2) is 5.91 Å². The molecule has 0 saturated carbocycles. The van der Waals surface area contributed by atoms with E-state index in [0.717, 1.165) is 18.9 Å². The summed E-state index contributed by atoms with van der Waals surface area (Å²) in [5.74, 6) is 0.180. The van der Waals surface area contributed by atoms with Gasteiger partial charge in [0.2, 0.25) is 0 Å². The van der Waals surface area contributed by atoms with E-state index in [2.05, 4.69) is 12.2 Å². The Morgan fingerprint density at radius 2 is 1.76 bits per heavy atom. The second-order valence-corrected chi connectivity index (χ2v) is 6.45. The molecule has 1 amide bonds. The number of carbonyl (C=O) groups is 1. The molecule has 0 aliphatic heterocycles. The summed E-state index contributed by atoms with van der Waals surface area (Å²) < 4.78 is 50.2. The molecule has 152 valence electrons. The van der Waals surface area contributed by atoms with Crippen LogP contribution in [0.15, 0.2) is 65.1 Å². The number of benzene rings is 2. The van der Waals surface area contributed by atoms with Crippen LogP contribution in [0.2, 0.25) is 0 Å². The van der Waals surface area contributed by atoms with Gasteiger partial charge in [-0.1, -0.05) is 37.6 Å². The van der Waals surface area contributed by atoms with E-state index in [0.29, 0.717) is 11.5 Å². The molecule has 1 aromatic heterocycles. The predicted octanol–water partition coefficient (Wildman–Crippen LogP) is 6.08. The highest BCUT2D eigenvalue weighted by atomic mass is 19.4. The van der Waals surface area contributed by atoms with Gasteiger partial charge in [0, 0.05) is 0 Å². The molecule has 0 bridgehead atoms. The minimum Gasteiger partial charge on any atom is -0.486 e. The fourth-order valence-electron chi connectivity index (χ4n) is 2.80. The van der Waals surface area contributed by atoms with E-state index in [1.54, 1.807) is 6.07 Å². The Hall–Kier alpha value is -3.22. The third kappa shape index (κ3) is 5.40. The normalized spacial score (nSPS) is 11.3. The molecule has 0 radical (unpaired) electrons. The molecule has 0 aliphatic carbocycles. The van der Waals surface area contributed by atoms with Crippen molar-refractivity contribution in [3.63, 3.8) is 0 Å². The van der Waals surface area contributed by atoms with Crippen molar-refractivity contribution in [3.05, 3.63) is 83.3 Å². The van der Waals surface area contributed by atoms with Crippen LogP contribution in [0.25, 0.3) is 0 Å². The summed E-state index contributed by atoms with van der Waals surface area (Å²) in [7, 11) is 0. The molecular formula is C22H20F3NO3. The SMILES string of the molecule is CCCc1ccc(OCc2ccc(C(=O)Nc3ccccc3C(F)(F)F)o2)cc1. The molecule has 3 rings (SSSR count). The number of hydrogen-bond donors (Lipinski definition) is 1. The lowest BCUT2D eigenvalue weighted by Crippen LogP contribution is -2.16. The molecule has 0 saturated heterocycles. The van der Waals surface area contributed by atoms with E-state index in [9.17, 15) is 18.0 Å².